The zero-order valence-electron chi connectivity index (χ0n) is 9.11. The van der Waals surface area contributed by atoms with Crippen LogP contribution in [0.25, 0.3) is 0 Å². The summed E-state index contributed by atoms with van der Waals surface area (Å²) in [4.78, 5) is 0. The third kappa shape index (κ3) is 1.64. The van der Waals surface area contributed by atoms with Crippen LogP contribution < -0.4 is 20.5 Å². The lowest BCUT2D eigenvalue weighted by Crippen LogP contribution is -2.43. The van der Waals surface area contributed by atoms with Gasteiger partial charge >= 0.3 is 0 Å². The van der Waals surface area contributed by atoms with Crippen molar-refractivity contribution in [3.8, 4) is 11.5 Å². The number of benzene rings is 1. The van der Waals surface area contributed by atoms with Crippen LogP contribution in [0, 0.1) is 0 Å². The first kappa shape index (κ1) is 9.93. The molecule has 0 aliphatic carbocycles. The Morgan fingerprint density at radius 3 is 3.00 bits per heavy atom. The third-order valence-electron chi connectivity index (χ3n) is 3.36. The van der Waals surface area contributed by atoms with Gasteiger partial charge in [-0.25, -0.2) is 0 Å². The summed E-state index contributed by atoms with van der Waals surface area (Å²) in [6.45, 7) is 2.29. The number of ether oxygens (including phenoxy) is 2. The second-order valence-corrected chi connectivity index (χ2v) is 4.38. The van der Waals surface area contributed by atoms with Gasteiger partial charge in [0.05, 0.1) is 0 Å². The van der Waals surface area contributed by atoms with Crippen LogP contribution in [0.1, 0.15) is 17.9 Å². The number of hydrogen-bond acceptors (Lipinski definition) is 4. The quantitative estimate of drug-likeness (QED) is 0.735. The zero-order valence-corrected chi connectivity index (χ0v) is 9.11. The Morgan fingerprint density at radius 1 is 1.25 bits per heavy atom. The summed E-state index contributed by atoms with van der Waals surface area (Å²) in [6, 6.07) is 6.35. The second kappa shape index (κ2) is 3.96. The molecule has 1 fully saturated rings. The largest absolute Gasteiger partial charge is 0.454 e. The van der Waals surface area contributed by atoms with E-state index in [1.807, 2.05) is 6.07 Å². The Kier molecular flexibility index (Phi) is 2.46. The maximum atomic E-state index is 6.14. The smallest absolute Gasteiger partial charge is 0.231 e. The highest BCUT2D eigenvalue weighted by Crippen LogP contribution is 2.35. The topological polar surface area (TPSA) is 56.5 Å². The minimum absolute atomic E-state index is 0.238. The Hall–Kier alpha value is -1.26. The van der Waals surface area contributed by atoms with E-state index in [0.29, 0.717) is 12.7 Å². The van der Waals surface area contributed by atoms with E-state index in [4.69, 9.17) is 15.2 Å². The fraction of sp³-hybridized carbons (Fsp3) is 0.500. The zero-order chi connectivity index (χ0) is 11.0. The van der Waals surface area contributed by atoms with Crippen LogP contribution in [0.2, 0.25) is 0 Å². The van der Waals surface area contributed by atoms with E-state index in [-0.39, 0.29) is 6.04 Å². The molecule has 0 radical (unpaired) electrons. The van der Waals surface area contributed by atoms with Crippen molar-refractivity contribution in [1.29, 1.82) is 0 Å². The molecule has 1 aromatic carbocycles. The SMILES string of the molecule is NC1CCNCC1c1ccc2c(c1)OCO2. The molecular weight excluding hydrogens is 204 g/mol. The molecule has 2 atom stereocenters. The minimum atomic E-state index is 0.238. The number of hydrogen-bond donors (Lipinski definition) is 2. The van der Waals surface area contributed by atoms with Gasteiger partial charge in [0, 0.05) is 18.5 Å². The van der Waals surface area contributed by atoms with Crippen LogP contribution in [0.15, 0.2) is 18.2 Å². The van der Waals surface area contributed by atoms with Gasteiger partial charge in [-0.3, -0.25) is 0 Å². The molecule has 0 spiro atoms. The third-order valence-corrected chi connectivity index (χ3v) is 3.36. The first-order chi connectivity index (χ1) is 7.84. The molecule has 0 saturated carbocycles. The Balaban J connectivity index is 1.88. The predicted molar refractivity (Wildman–Crippen MR) is 60.8 cm³/mol. The molecule has 2 aliphatic heterocycles. The van der Waals surface area contributed by atoms with E-state index in [0.717, 1.165) is 31.0 Å². The highest BCUT2D eigenvalue weighted by atomic mass is 16.7. The molecule has 3 rings (SSSR count). The molecule has 0 bridgehead atoms. The van der Waals surface area contributed by atoms with Crippen molar-refractivity contribution >= 4 is 0 Å². The number of piperidine rings is 1. The van der Waals surface area contributed by atoms with Gasteiger partial charge in [0.1, 0.15) is 0 Å². The molecule has 2 aliphatic rings. The predicted octanol–water partition coefficient (Wildman–Crippen LogP) is 0.819. The number of fused-ring (bicyclic) bond motifs is 1. The van der Waals surface area contributed by atoms with Gasteiger partial charge in [-0.1, -0.05) is 6.07 Å². The van der Waals surface area contributed by atoms with Crippen molar-refractivity contribution in [3.63, 3.8) is 0 Å². The molecular formula is C12H16N2O2. The average molecular weight is 220 g/mol. The van der Waals surface area contributed by atoms with Gasteiger partial charge in [0.25, 0.3) is 0 Å². The van der Waals surface area contributed by atoms with Crippen LogP contribution in [0.4, 0.5) is 0 Å². The van der Waals surface area contributed by atoms with Crippen molar-refractivity contribution in [2.24, 2.45) is 5.73 Å². The summed E-state index contributed by atoms with van der Waals surface area (Å²) in [7, 11) is 0. The van der Waals surface area contributed by atoms with Crippen LogP contribution in [-0.2, 0) is 0 Å². The average Bonchev–Trinajstić information content (AvgIpc) is 2.76. The molecule has 4 nitrogen and oxygen atoms in total. The van der Waals surface area contributed by atoms with Gasteiger partial charge in [-0.2, -0.15) is 0 Å². The lowest BCUT2D eigenvalue weighted by molar-refractivity contribution is 0.174. The first-order valence-corrected chi connectivity index (χ1v) is 5.70. The van der Waals surface area contributed by atoms with Gasteiger partial charge in [-0.15, -0.1) is 0 Å². The normalized spacial score (nSPS) is 28.1. The fourth-order valence-corrected chi connectivity index (χ4v) is 2.39. The standard InChI is InChI=1S/C12H16N2O2/c13-10-3-4-14-6-9(10)8-1-2-11-12(5-8)16-7-15-11/h1-2,5,9-10,14H,3-4,6-7,13H2. The van der Waals surface area contributed by atoms with E-state index in [1.165, 1.54) is 5.56 Å². The molecule has 4 heteroatoms. The summed E-state index contributed by atoms with van der Waals surface area (Å²) in [6.07, 6.45) is 1.03. The van der Waals surface area contributed by atoms with Crippen LogP contribution in [0.3, 0.4) is 0 Å². The molecule has 2 unspecified atom stereocenters. The highest BCUT2D eigenvalue weighted by Gasteiger charge is 2.25. The summed E-state index contributed by atoms with van der Waals surface area (Å²) in [5.41, 5.74) is 7.38. The van der Waals surface area contributed by atoms with Crippen LogP contribution >= 0.6 is 0 Å². The lowest BCUT2D eigenvalue weighted by atomic mass is 9.87. The van der Waals surface area contributed by atoms with Crippen molar-refractivity contribution in [3.05, 3.63) is 23.8 Å². The maximum Gasteiger partial charge on any atom is 0.231 e. The van der Waals surface area contributed by atoms with Crippen molar-refractivity contribution in [1.82, 2.24) is 5.32 Å². The Morgan fingerprint density at radius 2 is 2.12 bits per heavy atom. The molecule has 16 heavy (non-hydrogen) atoms. The maximum absolute atomic E-state index is 6.14. The van der Waals surface area contributed by atoms with Crippen molar-refractivity contribution in [2.75, 3.05) is 19.9 Å². The van der Waals surface area contributed by atoms with Gasteiger partial charge in [0.15, 0.2) is 11.5 Å². The summed E-state index contributed by atoms with van der Waals surface area (Å²) < 4.78 is 10.7. The monoisotopic (exact) mass is 220 g/mol. The van der Waals surface area contributed by atoms with E-state index in [9.17, 15) is 0 Å². The van der Waals surface area contributed by atoms with Crippen molar-refractivity contribution < 1.29 is 9.47 Å². The minimum Gasteiger partial charge on any atom is -0.454 e. The number of rotatable bonds is 1. The molecule has 3 N–H and O–H groups in total. The van der Waals surface area contributed by atoms with E-state index < -0.39 is 0 Å². The van der Waals surface area contributed by atoms with Crippen molar-refractivity contribution in [2.45, 2.75) is 18.4 Å². The summed E-state index contributed by atoms with van der Waals surface area (Å²) >= 11 is 0. The second-order valence-electron chi connectivity index (χ2n) is 4.38. The lowest BCUT2D eigenvalue weighted by Gasteiger charge is -2.29. The summed E-state index contributed by atoms with van der Waals surface area (Å²) in [5, 5.41) is 3.38. The first-order valence-electron chi connectivity index (χ1n) is 5.70. The van der Waals surface area contributed by atoms with Gasteiger partial charge in [0.2, 0.25) is 6.79 Å². The fourth-order valence-electron chi connectivity index (χ4n) is 2.39. The Labute approximate surface area is 94.7 Å². The van der Waals surface area contributed by atoms with Gasteiger partial charge in [-0.05, 0) is 30.7 Å². The van der Waals surface area contributed by atoms with E-state index in [1.54, 1.807) is 0 Å². The molecule has 1 saturated heterocycles. The summed E-state index contributed by atoms with van der Waals surface area (Å²) in [5.74, 6) is 2.06. The molecule has 0 aromatic heterocycles. The van der Waals surface area contributed by atoms with Crippen LogP contribution in [0.5, 0.6) is 11.5 Å². The molecule has 0 amide bonds. The van der Waals surface area contributed by atoms with Gasteiger partial charge < -0.3 is 20.5 Å². The van der Waals surface area contributed by atoms with Crippen LogP contribution in [-0.4, -0.2) is 25.9 Å². The van der Waals surface area contributed by atoms with E-state index in [2.05, 4.69) is 17.4 Å². The van der Waals surface area contributed by atoms with E-state index >= 15 is 0 Å². The molecule has 1 aromatic rings. The highest BCUT2D eigenvalue weighted by molar-refractivity contribution is 5.45. The Bertz CT molecular complexity index is 395. The molecule has 2 heterocycles. The number of nitrogens with one attached hydrogen (secondary N) is 1. The molecule has 86 valence electrons. The number of nitrogens with two attached hydrogens (primary N) is 1.